The first-order valence-electron chi connectivity index (χ1n) is 4.32. The van der Waals surface area contributed by atoms with Gasteiger partial charge in [0.25, 0.3) is 0 Å². The second-order valence-electron chi connectivity index (χ2n) is 3.52. The Morgan fingerprint density at radius 2 is 1.86 bits per heavy atom. The second kappa shape index (κ2) is 3.61. The van der Waals surface area contributed by atoms with E-state index >= 15 is 0 Å². The Balaban J connectivity index is 3.34. The largest absolute Gasteiger partial charge is 0.322 e. The Labute approximate surface area is 80.7 Å². The third kappa shape index (κ3) is 1.90. The summed E-state index contributed by atoms with van der Waals surface area (Å²) >= 11 is 0. The lowest BCUT2D eigenvalue weighted by atomic mass is 9.90. The molecule has 0 saturated heterocycles. The maximum atomic E-state index is 13.2. The molecule has 0 aliphatic rings. The van der Waals surface area contributed by atoms with Crippen LogP contribution in [0, 0.1) is 17.5 Å². The van der Waals surface area contributed by atoms with Crippen LogP contribution in [0.2, 0.25) is 0 Å². The molecular formula is C10H12F3N. The van der Waals surface area contributed by atoms with Crippen molar-refractivity contribution in [3.8, 4) is 0 Å². The molecule has 1 aromatic carbocycles. The van der Waals surface area contributed by atoms with Crippen LogP contribution in [0.5, 0.6) is 0 Å². The number of nitrogens with two attached hydrogens (primary N) is 1. The predicted molar refractivity (Wildman–Crippen MR) is 48.1 cm³/mol. The van der Waals surface area contributed by atoms with Gasteiger partial charge < -0.3 is 5.73 Å². The summed E-state index contributed by atoms with van der Waals surface area (Å²) in [7, 11) is 0. The minimum Gasteiger partial charge on any atom is -0.322 e. The number of benzene rings is 1. The van der Waals surface area contributed by atoms with Crippen LogP contribution < -0.4 is 5.73 Å². The Morgan fingerprint density at radius 3 is 2.36 bits per heavy atom. The zero-order valence-corrected chi connectivity index (χ0v) is 8.07. The standard InChI is InChI=1S/C10H12F3N/c1-3-10(2,14)7-4-6(11)5-8(12)9(7)13/h4-5H,3,14H2,1-2H3. The molecule has 0 fully saturated rings. The van der Waals surface area contributed by atoms with Crippen LogP contribution in [0.1, 0.15) is 25.8 Å². The lowest BCUT2D eigenvalue weighted by molar-refractivity contribution is 0.414. The fraction of sp³-hybridized carbons (Fsp3) is 0.400. The first-order chi connectivity index (χ1) is 6.38. The van der Waals surface area contributed by atoms with Gasteiger partial charge in [-0.2, -0.15) is 0 Å². The average molecular weight is 203 g/mol. The number of rotatable bonds is 2. The Kier molecular flexibility index (Phi) is 2.85. The van der Waals surface area contributed by atoms with Crippen LogP contribution in [0.3, 0.4) is 0 Å². The van der Waals surface area contributed by atoms with Gasteiger partial charge in [-0.3, -0.25) is 0 Å². The predicted octanol–water partition coefficient (Wildman–Crippen LogP) is 2.69. The monoisotopic (exact) mass is 203 g/mol. The topological polar surface area (TPSA) is 26.0 Å². The minimum absolute atomic E-state index is 0.127. The summed E-state index contributed by atoms with van der Waals surface area (Å²) in [6.45, 7) is 3.26. The van der Waals surface area contributed by atoms with Gasteiger partial charge in [-0.1, -0.05) is 6.92 Å². The SMILES string of the molecule is CCC(C)(N)c1cc(F)cc(F)c1F. The van der Waals surface area contributed by atoms with Crippen molar-refractivity contribution in [2.75, 3.05) is 0 Å². The van der Waals surface area contributed by atoms with E-state index in [9.17, 15) is 13.2 Å². The van der Waals surface area contributed by atoms with E-state index in [2.05, 4.69) is 0 Å². The van der Waals surface area contributed by atoms with Gasteiger partial charge in [-0.05, 0) is 19.4 Å². The molecule has 0 heterocycles. The molecule has 4 heteroatoms. The zero-order valence-electron chi connectivity index (χ0n) is 8.07. The van der Waals surface area contributed by atoms with E-state index in [1.54, 1.807) is 6.92 Å². The van der Waals surface area contributed by atoms with Crippen molar-refractivity contribution in [3.63, 3.8) is 0 Å². The fourth-order valence-corrected chi connectivity index (χ4v) is 1.16. The van der Waals surface area contributed by atoms with E-state index in [0.29, 0.717) is 12.5 Å². The highest BCUT2D eigenvalue weighted by Gasteiger charge is 2.25. The van der Waals surface area contributed by atoms with Crippen molar-refractivity contribution in [3.05, 3.63) is 35.1 Å². The van der Waals surface area contributed by atoms with Crippen LogP contribution in [0.4, 0.5) is 13.2 Å². The van der Waals surface area contributed by atoms with E-state index in [4.69, 9.17) is 5.73 Å². The number of hydrogen-bond acceptors (Lipinski definition) is 1. The lowest BCUT2D eigenvalue weighted by Gasteiger charge is -2.23. The molecule has 0 radical (unpaired) electrons. The van der Waals surface area contributed by atoms with Gasteiger partial charge in [0.05, 0.1) is 0 Å². The molecule has 2 N–H and O–H groups in total. The molecule has 14 heavy (non-hydrogen) atoms. The molecule has 0 bridgehead atoms. The molecule has 1 nitrogen and oxygen atoms in total. The summed E-state index contributed by atoms with van der Waals surface area (Å²) in [5.74, 6) is -3.09. The third-order valence-corrected chi connectivity index (χ3v) is 2.34. The normalized spacial score (nSPS) is 15.3. The Bertz CT molecular complexity index is 347. The van der Waals surface area contributed by atoms with Gasteiger partial charge in [0, 0.05) is 17.2 Å². The lowest BCUT2D eigenvalue weighted by Crippen LogP contribution is -2.33. The smallest absolute Gasteiger partial charge is 0.164 e. The van der Waals surface area contributed by atoms with Crippen LogP contribution in [-0.2, 0) is 5.54 Å². The summed E-state index contributed by atoms with van der Waals surface area (Å²) in [6.07, 6.45) is 0.396. The van der Waals surface area contributed by atoms with Crippen LogP contribution in [0.15, 0.2) is 12.1 Å². The second-order valence-corrected chi connectivity index (χ2v) is 3.52. The Hall–Kier alpha value is -1.03. The first kappa shape index (κ1) is 11.0. The van der Waals surface area contributed by atoms with Crippen molar-refractivity contribution >= 4 is 0 Å². The highest BCUT2D eigenvalue weighted by Crippen LogP contribution is 2.26. The third-order valence-electron chi connectivity index (χ3n) is 2.34. The zero-order chi connectivity index (χ0) is 10.9. The Morgan fingerprint density at radius 1 is 1.29 bits per heavy atom. The molecule has 0 amide bonds. The molecular weight excluding hydrogens is 191 g/mol. The quantitative estimate of drug-likeness (QED) is 0.735. The van der Waals surface area contributed by atoms with Crippen molar-refractivity contribution < 1.29 is 13.2 Å². The molecule has 1 atom stereocenters. The maximum Gasteiger partial charge on any atom is 0.164 e. The van der Waals surface area contributed by atoms with Gasteiger partial charge in [0.1, 0.15) is 5.82 Å². The van der Waals surface area contributed by atoms with Gasteiger partial charge >= 0.3 is 0 Å². The molecule has 1 unspecified atom stereocenters. The van der Waals surface area contributed by atoms with Crippen molar-refractivity contribution in [2.45, 2.75) is 25.8 Å². The van der Waals surface area contributed by atoms with E-state index in [0.717, 1.165) is 6.07 Å². The van der Waals surface area contributed by atoms with Crippen LogP contribution >= 0.6 is 0 Å². The van der Waals surface area contributed by atoms with E-state index in [1.165, 1.54) is 6.92 Å². The molecule has 0 aromatic heterocycles. The summed E-state index contributed by atoms with van der Waals surface area (Å²) in [4.78, 5) is 0. The summed E-state index contributed by atoms with van der Waals surface area (Å²) in [5.41, 5.74) is 4.53. The molecule has 0 spiro atoms. The van der Waals surface area contributed by atoms with Gasteiger partial charge in [0.15, 0.2) is 11.6 Å². The minimum atomic E-state index is -1.20. The van der Waals surface area contributed by atoms with Crippen molar-refractivity contribution in [2.24, 2.45) is 5.73 Å². The van der Waals surface area contributed by atoms with Gasteiger partial charge in [-0.25, -0.2) is 13.2 Å². The number of hydrogen-bond donors (Lipinski definition) is 1. The fourth-order valence-electron chi connectivity index (χ4n) is 1.16. The average Bonchev–Trinajstić information content (AvgIpc) is 2.11. The molecule has 0 aliphatic carbocycles. The highest BCUT2D eigenvalue weighted by atomic mass is 19.2. The molecule has 1 rings (SSSR count). The summed E-state index contributed by atoms with van der Waals surface area (Å²) in [6, 6.07) is 1.44. The molecule has 0 saturated carbocycles. The first-order valence-corrected chi connectivity index (χ1v) is 4.32. The van der Waals surface area contributed by atoms with Crippen LogP contribution in [0.25, 0.3) is 0 Å². The molecule has 78 valence electrons. The number of halogens is 3. The van der Waals surface area contributed by atoms with Gasteiger partial charge in [-0.15, -0.1) is 0 Å². The molecule has 0 aliphatic heterocycles. The highest BCUT2D eigenvalue weighted by molar-refractivity contribution is 5.26. The van der Waals surface area contributed by atoms with Crippen molar-refractivity contribution in [1.29, 1.82) is 0 Å². The summed E-state index contributed by atoms with van der Waals surface area (Å²) in [5, 5.41) is 0. The van der Waals surface area contributed by atoms with Gasteiger partial charge in [0.2, 0.25) is 0 Å². The summed E-state index contributed by atoms with van der Waals surface area (Å²) < 4.78 is 38.9. The van der Waals surface area contributed by atoms with E-state index < -0.39 is 23.0 Å². The van der Waals surface area contributed by atoms with E-state index in [-0.39, 0.29) is 5.56 Å². The maximum absolute atomic E-state index is 13.2. The molecule has 1 aromatic rings. The van der Waals surface area contributed by atoms with E-state index in [1.807, 2.05) is 0 Å². The van der Waals surface area contributed by atoms with Crippen molar-refractivity contribution in [1.82, 2.24) is 0 Å². The van der Waals surface area contributed by atoms with Crippen LogP contribution in [-0.4, -0.2) is 0 Å².